The van der Waals surface area contributed by atoms with Crippen LogP contribution >= 0.6 is 15.6 Å². The Morgan fingerprint density at radius 3 is 0.763 bits per heavy atom. The maximum absolute atomic E-state index is 13.1. The molecule has 0 aliphatic heterocycles. The molecule has 7 atom stereocenters. The van der Waals surface area contributed by atoms with E-state index in [0.29, 0.717) is 25.7 Å². The van der Waals surface area contributed by atoms with Gasteiger partial charge in [-0.05, 0) is 49.4 Å². The number of ether oxygens (including phenoxy) is 4. The summed E-state index contributed by atoms with van der Waals surface area (Å²) in [4.78, 5) is 72.8. The number of hydrogen-bond acceptors (Lipinski definition) is 15. The van der Waals surface area contributed by atoms with Crippen molar-refractivity contribution in [2.75, 3.05) is 39.6 Å². The van der Waals surface area contributed by atoms with Gasteiger partial charge >= 0.3 is 39.5 Å². The predicted octanol–water partition coefficient (Wildman–Crippen LogP) is 21.3. The summed E-state index contributed by atoms with van der Waals surface area (Å²) < 4.78 is 68.5. The van der Waals surface area contributed by atoms with Gasteiger partial charge < -0.3 is 33.8 Å². The second-order valence-corrected chi connectivity index (χ2v) is 31.0. The number of phosphoric ester groups is 2. The molecule has 0 bridgehead atoms. The molecule has 552 valence electrons. The third kappa shape index (κ3) is 65.8. The summed E-state index contributed by atoms with van der Waals surface area (Å²) in [6, 6.07) is 0. The first kappa shape index (κ1) is 91.1. The van der Waals surface area contributed by atoms with Crippen LogP contribution in [0.15, 0.2) is 0 Å². The lowest BCUT2D eigenvalue weighted by atomic mass is 9.99. The Morgan fingerprint density at radius 2 is 0.516 bits per heavy atom. The molecule has 0 aromatic carbocycles. The van der Waals surface area contributed by atoms with Crippen LogP contribution in [0.2, 0.25) is 0 Å². The van der Waals surface area contributed by atoms with Crippen molar-refractivity contribution in [3.63, 3.8) is 0 Å². The van der Waals surface area contributed by atoms with Gasteiger partial charge in [-0.3, -0.25) is 37.3 Å². The molecular formula is C74H144O17P2. The molecule has 0 aliphatic rings. The molecule has 3 N–H and O–H groups in total. The molecule has 0 heterocycles. The molecule has 0 aromatic heterocycles. The van der Waals surface area contributed by atoms with E-state index < -0.39 is 97.5 Å². The highest BCUT2D eigenvalue weighted by Crippen LogP contribution is 2.45. The van der Waals surface area contributed by atoms with Gasteiger partial charge in [-0.15, -0.1) is 0 Å². The number of aliphatic hydroxyl groups is 1. The Hall–Kier alpha value is -1.94. The zero-order chi connectivity index (χ0) is 68.9. The minimum Gasteiger partial charge on any atom is -0.462 e. The van der Waals surface area contributed by atoms with Crippen molar-refractivity contribution < 1.29 is 80.2 Å². The summed E-state index contributed by atoms with van der Waals surface area (Å²) in [5.41, 5.74) is 0. The van der Waals surface area contributed by atoms with Gasteiger partial charge in [-0.1, -0.05) is 319 Å². The Morgan fingerprint density at radius 1 is 0.301 bits per heavy atom. The summed E-state index contributed by atoms with van der Waals surface area (Å²) in [5.74, 6) is 0.971. The molecule has 4 unspecified atom stereocenters. The summed E-state index contributed by atoms with van der Waals surface area (Å²) in [5, 5.41) is 10.6. The predicted molar refractivity (Wildman–Crippen MR) is 377 cm³/mol. The van der Waals surface area contributed by atoms with E-state index in [0.717, 1.165) is 114 Å². The van der Waals surface area contributed by atoms with Crippen molar-refractivity contribution >= 4 is 39.5 Å². The average Bonchev–Trinajstić information content (AvgIpc) is 2.01. The molecule has 0 aliphatic carbocycles. The fraction of sp³-hybridized carbons (Fsp3) is 0.946. The lowest BCUT2D eigenvalue weighted by Gasteiger charge is -2.21. The van der Waals surface area contributed by atoms with Crippen LogP contribution in [-0.4, -0.2) is 96.7 Å². The number of hydrogen-bond donors (Lipinski definition) is 3. The van der Waals surface area contributed by atoms with E-state index >= 15 is 0 Å². The van der Waals surface area contributed by atoms with Crippen molar-refractivity contribution in [2.24, 2.45) is 23.7 Å². The minimum atomic E-state index is -4.96. The maximum atomic E-state index is 13.1. The van der Waals surface area contributed by atoms with E-state index in [9.17, 15) is 43.2 Å². The van der Waals surface area contributed by atoms with E-state index in [1.54, 1.807) is 0 Å². The first-order valence-corrected chi connectivity index (χ1v) is 41.3. The van der Waals surface area contributed by atoms with Crippen LogP contribution in [-0.2, 0) is 65.4 Å². The lowest BCUT2D eigenvalue weighted by molar-refractivity contribution is -0.161. The fourth-order valence-corrected chi connectivity index (χ4v) is 12.7. The number of rotatable bonds is 71. The highest BCUT2D eigenvalue weighted by Gasteiger charge is 2.30. The minimum absolute atomic E-state index is 0.104. The monoisotopic (exact) mass is 1370 g/mol. The largest absolute Gasteiger partial charge is 0.472 e. The molecule has 0 saturated carbocycles. The second-order valence-electron chi connectivity index (χ2n) is 28.1. The van der Waals surface area contributed by atoms with Crippen molar-refractivity contribution in [3.05, 3.63) is 0 Å². The Bertz CT molecular complexity index is 1840. The van der Waals surface area contributed by atoms with E-state index in [1.165, 1.54) is 173 Å². The molecule has 0 aromatic rings. The van der Waals surface area contributed by atoms with Crippen LogP contribution < -0.4 is 0 Å². The van der Waals surface area contributed by atoms with E-state index in [4.69, 9.17) is 37.0 Å². The maximum Gasteiger partial charge on any atom is 0.472 e. The van der Waals surface area contributed by atoms with Crippen molar-refractivity contribution in [1.29, 1.82) is 0 Å². The second kappa shape index (κ2) is 63.5. The van der Waals surface area contributed by atoms with Crippen molar-refractivity contribution in [3.8, 4) is 0 Å². The molecule has 0 saturated heterocycles. The highest BCUT2D eigenvalue weighted by molar-refractivity contribution is 7.47. The number of phosphoric acid groups is 2. The quantitative estimate of drug-likeness (QED) is 0.0222. The summed E-state index contributed by atoms with van der Waals surface area (Å²) in [6.07, 6.45) is 47.0. The number of carbonyl (C=O) groups is 4. The molecule has 19 heteroatoms. The summed E-state index contributed by atoms with van der Waals surface area (Å²) in [6.45, 7) is 14.2. The topological polar surface area (TPSA) is 237 Å². The third-order valence-electron chi connectivity index (χ3n) is 17.8. The van der Waals surface area contributed by atoms with Gasteiger partial charge in [0.15, 0.2) is 12.2 Å². The zero-order valence-electron chi connectivity index (χ0n) is 60.9. The summed E-state index contributed by atoms with van der Waals surface area (Å²) in [7, 11) is -9.91. The SMILES string of the molecule is CCC(C)CCCCCCCCCCC(=O)OC[C@H](COP(=O)(O)OC[C@H](O)COP(=O)(O)OC[C@@H](COC(=O)CCCCCCCCCCCCCC(C)C)OC(=O)CCCCCCCCCCCCCCC(C)C)OC(=O)CCCCCCCCCCC(C)CC. The van der Waals surface area contributed by atoms with Gasteiger partial charge in [0.2, 0.25) is 0 Å². The molecule has 0 fully saturated rings. The van der Waals surface area contributed by atoms with Gasteiger partial charge in [-0.2, -0.15) is 0 Å². The molecule has 0 spiro atoms. The first-order chi connectivity index (χ1) is 44.7. The Labute approximate surface area is 568 Å². The third-order valence-corrected chi connectivity index (χ3v) is 19.7. The lowest BCUT2D eigenvalue weighted by Crippen LogP contribution is -2.30. The van der Waals surface area contributed by atoms with Crippen LogP contribution in [0.5, 0.6) is 0 Å². The van der Waals surface area contributed by atoms with E-state index in [2.05, 4.69) is 55.4 Å². The van der Waals surface area contributed by atoms with Crippen LogP contribution in [0.3, 0.4) is 0 Å². The molecule has 93 heavy (non-hydrogen) atoms. The van der Waals surface area contributed by atoms with Crippen LogP contribution in [0, 0.1) is 23.7 Å². The van der Waals surface area contributed by atoms with Crippen LogP contribution in [0.1, 0.15) is 370 Å². The van der Waals surface area contributed by atoms with Crippen LogP contribution in [0.25, 0.3) is 0 Å². The Kier molecular flexibility index (Phi) is 62.2. The molecule has 0 rings (SSSR count). The normalized spacial score (nSPS) is 14.8. The van der Waals surface area contributed by atoms with Gasteiger partial charge in [-0.25, -0.2) is 9.13 Å². The smallest absolute Gasteiger partial charge is 0.462 e. The van der Waals surface area contributed by atoms with Gasteiger partial charge in [0.25, 0.3) is 0 Å². The van der Waals surface area contributed by atoms with Crippen LogP contribution in [0.4, 0.5) is 0 Å². The van der Waals surface area contributed by atoms with E-state index in [-0.39, 0.29) is 25.7 Å². The zero-order valence-corrected chi connectivity index (χ0v) is 62.7. The molecule has 0 radical (unpaired) electrons. The van der Waals surface area contributed by atoms with E-state index in [1.807, 2.05) is 0 Å². The van der Waals surface area contributed by atoms with Gasteiger partial charge in [0, 0.05) is 25.7 Å². The summed E-state index contributed by atoms with van der Waals surface area (Å²) >= 11 is 0. The fourth-order valence-electron chi connectivity index (χ4n) is 11.1. The number of esters is 4. The molecular weight excluding hydrogens is 1220 g/mol. The molecule has 0 amide bonds. The number of aliphatic hydroxyl groups excluding tert-OH is 1. The van der Waals surface area contributed by atoms with Gasteiger partial charge in [0.05, 0.1) is 26.4 Å². The number of unbranched alkanes of at least 4 members (excludes halogenated alkanes) is 35. The van der Waals surface area contributed by atoms with Crippen molar-refractivity contribution in [1.82, 2.24) is 0 Å². The highest BCUT2D eigenvalue weighted by atomic mass is 31.2. The first-order valence-electron chi connectivity index (χ1n) is 38.3. The standard InChI is InChI=1S/C74H144O17P2/c1-9-66(7)52-44-36-28-22-24-31-39-47-55-72(77)85-61-70(91-74(79)57-49-41-33-25-23-29-37-45-53-67(8)10-2)63-89-93(82,83)87-59-68(75)58-86-92(80,81)88-62-69(60-84-71(76)54-46-38-30-20-17-13-15-19-27-35-43-51-65(5)6)90-73(78)56-48-40-32-21-16-12-11-14-18-26-34-42-50-64(3)4/h64-70,75H,9-63H2,1-8H3,(H,80,81)(H,82,83)/t66?,67?,68-,69-,70-/m1/s1. The number of carbonyl (C=O) groups excluding carboxylic acids is 4. The average molecular weight is 1370 g/mol. The van der Waals surface area contributed by atoms with Crippen molar-refractivity contribution in [2.45, 2.75) is 388 Å². The van der Waals surface area contributed by atoms with Gasteiger partial charge in [0.1, 0.15) is 19.3 Å². The Balaban J connectivity index is 5.28. The molecule has 17 nitrogen and oxygen atoms in total.